The average Bonchev–Trinajstić information content (AvgIpc) is 3.68. The van der Waals surface area contributed by atoms with Crippen molar-refractivity contribution in [1.29, 1.82) is 0 Å². The fourth-order valence-corrected chi connectivity index (χ4v) is 7.05. The van der Waals surface area contributed by atoms with Gasteiger partial charge in [-0.05, 0) is 54.1 Å². The summed E-state index contributed by atoms with van der Waals surface area (Å²) in [4.78, 5) is 9.72. The molecule has 2 heterocycles. The van der Waals surface area contributed by atoms with Gasteiger partial charge in [-0.2, -0.15) is 0 Å². The minimum Gasteiger partial charge on any atom is -0.383 e. The topological polar surface area (TPSA) is 60.6 Å². The van der Waals surface area contributed by atoms with E-state index in [9.17, 15) is 0 Å². The Morgan fingerprint density at radius 1 is 0.440 bits per heavy atom. The van der Waals surface area contributed by atoms with Crippen molar-refractivity contribution in [2.45, 2.75) is 6.54 Å². The van der Waals surface area contributed by atoms with Gasteiger partial charge >= 0.3 is 0 Å². The van der Waals surface area contributed by atoms with E-state index in [2.05, 4.69) is 124 Å². The molecule has 5 heteroatoms. The highest BCUT2D eigenvalue weighted by Crippen LogP contribution is 2.39. The van der Waals surface area contributed by atoms with E-state index in [4.69, 9.17) is 15.7 Å². The van der Waals surface area contributed by atoms with E-state index in [0.29, 0.717) is 18.2 Å². The maximum atomic E-state index is 6.43. The van der Waals surface area contributed by atoms with Crippen molar-refractivity contribution in [1.82, 2.24) is 9.13 Å². The van der Waals surface area contributed by atoms with Crippen LogP contribution in [0.15, 0.2) is 186 Å². The third kappa shape index (κ3) is 5.13. The molecule has 50 heavy (non-hydrogen) atoms. The highest BCUT2D eigenvalue weighted by Gasteiger charge is 2.18. The number of para-hydroxylation sites is 3. The maximum absolute atomic E-state index is 6.43. The number of fused-ring (bicyclic) bond motifs is 6. The lowest BCUT2D eigenvalue weighted by Gasteiger charge is -2.11. The highest BCUT2D eigenvalue weighted by molar-refractivity contribution is 6.19. The zero-order valence-corrected chi connectivity index (χ0v) is 27.3. The van der Waals surface area contributed by atoms with Crippen LogP contribution in [0.25, 0.3) is 55.0 Å². The Morgan fingerprint density at radius 3 is 1.50 bits per heavy atom. The molecular formula is C45H33N5. The van der Waals surface area contributed by atoms with Crippen LogP contribution in [0, 0.1) is 0 Å². The molecule has 0 aliphatic carbocycles. The van der Waals surface area contributed by atoms with Gasteiger partial charge in [-0.25, -0.2) is 4.99 Å². The Morgan fingerprint density at radius 2 is 0.920 bits per heavy atom. The minimum atomic E-state index is 0.440. The van der Waals surface area contributed by atoms with Crippen LogP contribution in [-0.2, 0) is 6.54 Å². The van der Waals surface area contributed by atoms with Crippen molar-refractivity contribution >= 4 is 55.3 Å². The minimum absolute atomic E-state index is 0.440. The van der Waals surface area contributed by atoms with Gasteiger partial charge in [-0.15, -0.1) is 0 Å². The third-order valence-corrected chi connectivity index (χ3v) is 9.41. The molecule has 0 radical (unpaired) electrons. The van der Waals surface area contributed by atoms with Gasteiger partial charge in [0.25, 0.3) is 0 Å². The quantitative estimate of drug-likeness (QED) is 0.142. The lowest BCUT2D eigenvalue weighted by atomic mass is 10.1. The number of benzene rings is 7. The molecule has 2 aromatic heterocycles. The summed E-state index contributed by atoms with van der Waals surface area (Å²) in [6.07, 6.45) is 0. The van der Waals surface area contributed by atoms with Gasteiger partial charge < -0.3 is 14.9 Å². The predicted octanol–water partition coefficient (Wildman–Crippen LogP) is 10.2. The smallest absolute Gasteiger partial charge is 0.157 e. The van der Waals surface area contributed by atoms with Crippen molar-refractivity contribution in [2.24, 2.45) is 15.7 Å². The van der Waals surface area contributed by atoms with E-state index >= 15 is 0 Å². The molecule has 238 valence electrons. The summed E-state index contributed by atoms with van der Waals surface area (Å²) in [5.41, 5.74) is 16.3. The molecule has 0 aliphatic rings. The van der Waals surface area contributed by atoms with Gasteiger partial charge in [0.1, 0.15) is 5.84 Å². The molecule has 0 saturated carbocycles. The standard InChI is InChI=1S/C45H33N5/c46-44(32-14-4-1-5-15-32)48-45(33-16-6-2-7-17-33)47-30-31-24-26-35(27-25-31)50-41-23-13-11-21-37(41)39-28-38-36-20-10-12-22-40(36)49(42(38)29-43(39)50)34-18-8-3-9-19-34/h1-29H,30H2,(H2,46,47,48). The normalized spacial score (nSPS) is 12.4. The first-order valence-corrected chi connectivity index (χ1v) is 16.8. The molecule has 0 atom stereocenters. The number of hydrogen-bond acceptors (Lipinski definition) is 1. The summed E-state index contributed by atoms with van der Waals surface area (Å²) < 4.78 is 4.76. The third-order valence-electron chi connectivity index (χ3n) is 9.41. The maximum Gasteiger partial charge on any atom is 0.157 e. The first-order valence-electron chi connectivity index (χ1n) is 16.8. The monoisotopic (exact) mass is 643 g/mol. The molecule has 0 bridgehead atoms. The summed E-state index contributed by atoms with van der Waals surface area (Å²) in [5.74, 6) is 1.05. The predicted molar refractivity (Wildman–Crippen MR) is 209 cm³/mol. The molecule has 0 saturated heterocycles. The largest absolute Gasteiger partial charge is 0.383 e. The summed E-state index contributed by atoms with van der Waals surface area (Å²) in [6.45, 7) is 0.473. The molecule has 0 fully saturated rings. The molecule has 0 unspecified atom stereocenters. The molecular weight excluding hydrogens is 611 g/mol. The van der Waals surface area contributed by atoms with Gasteiger partial charge in [-0.1, -0.05) is 127 Å². The number of nitrogens with zero attached hydrogens (tertiary/aromatic N) is 4. The second kappa shape index (κ2) is 12.4. The molecule has 9 aromatic rings. The summed E-state index contributed by atoms with van der Waals surface area (Å²) in [7, 11) is 0. The van der Waals surface area contributed by atoms with Gasteiger partial charge in [0.2, 0.25) is 0 Å². The second-order valence-corrected chi connectivity index (χ2v) is 12.5. The Balaban J connectivity index is 1.15. The van der Waals surface area contributed by atoms with Crippen molar-refractivity contribution in [3.05, 3.63) is 193 Å². The van der Waals surface area contributed by atoms with Crippen LogP contribution in [0.4, 0.5) is 0 Å². The van der Waals surface area contributed by atoms with Crippen molar-refractivity contribution < 1.29 is 0 Å². The summed E-state index contributed by atoms with van der Waals surface area (Å²) in [5, 5.41) is 4.97. The van der Waals surface area contributed by atoms with Crippen molar-refractivity contribution in [2.75, 3.05) is 0 Å². The molecule has 0 aliphatic heterocycles. The van der Waals surface area contributed by atoms with E-state index in [1.807, 2.05) is 60.7 Å². The van der Waals surface area contributed by atoms with E-state index in [0.717, 1.165) is 28.1 Å². The van der Waals surface area contributed by atoms with Crippen molar-refractivity contribution in [3.8, 4) is 11.4 Å². The molecule has 2 N–H and O–H groups in total. The Hall–Kier alpha value is -6.72. The molecule has 0 spiro atoms. The number of nitrogens with two attached hydrogens (primary N) is 1. The fourth-order valence-electron chi connectivity index (χ4n) is 7.05. The van der Waals surface area contributed by atoms with Crippen LogP contribution in [0.1, 0.15) is 16.7 Å². The zero-order chi connectivity index (χ0) is 33.4. The first kappa shape index (κ1) is 29.4. The second-order valence-electron chi connectivity index (χ2n) is 12.5. The van der Waals surface area contributed by atoms with Crippen LogP contribution >= 0.6 is 0 Å². The van der Waals surface area contributed by atoms with Crippen LogP contribution in [-0.4, -0.2) is 20.8 Å². The van der Waals surface area contributed by atoms with Crippen LogP contribution in [0.2, 0.25) is 0 Å². The number of aliphatic imine (C=N–C) groups is 2. The van der Waals surface area contributed by atoms with E-state index in [-0.39, 0.29) is 0 Å². The van der Waals surface area contributed by atoms with Crippen LogP contribution in [0.5, 0.6) is 0 Å². The van der Waals surface area contributed by atoms with E-state index < -0.39 is 0 Å². The van der Waals surface area contributed by atoms with Gasteiger partial charge in [0.15, 0.2) is 5.84 Å². The molecule has 7 aromatic carbocycles. The molecule has 9 rings (SSSR count). The van der Waals surface area contributed by atoms with Crippen molar-refractivity contribution in [3.63, 3.8) is 0 Å². The highest BCUT2D eigenvalue weighted by atomic mass is 15.0. The Kier molecular flexibility index (Phi) is 7.29. The van der Waals surface area contributed by atoms with Gasteiger partial charge in [0, 0.05) is 44.0 Å². The van der Waals surface area contributed by atoms with E-state index in [1.165, 1.54) is 43.6 Å². The number of amidine groups is 2. The number of rotatable bonds is 6. The Labute approximate surface area is 289 Å². The van der Waals surface area contributed by atoms with Gasteiger partial charge in [0.05, 0.1) is 28.6 Å². The molecule has 5 nitrogen and oxygen atoms in total. The number of aromatic nitrogens is 2. The SMILES string of the molecule is N/C(=N\C(=N/Cc1ccc(-n2c3ccccc3c3cc4c5ccccc5n(-c5ccccc5)c4cc32)cc1)c1ccccc1)c1ccccc1. The zero-order valence-electron chi connectivity index (χ0n) is 27.3. The van der Waals surface area contributed by atoms with Gasteiger partial charge in [-0.3, -0.25) is 4.99 Å². The van der Waals surface area contributed by atoms with Crippen LogP contribution in [0.3, 0.4) is 0 Å². The lowest BCUT2D eigenvalue weighted by molar-refractivity contribution is 1.05. The van der Waals surface area contributed by atoms with Crippen LogP contribution < -0.4 is 5.73 Å². The summed E-state index contributed by atoms with van der Waals surface area (Å²) in [6, 6.07) is 61.3. The average molecular weight is 644 g/mol. The first-order chi connectivity index (χ1) is 24.7. The van der Waals surface area contributed by atoms with E-state index in [1.54, 1.807) is 0 Å². The number of hydrogen-bond donors (Lipinski definition) is 1. The Bertz CT molecular complexity index is 2700. The lowest BCUT2D eigenvalue weighted by Crippen LogP contribution is -2.16. The molecule has 0 amide bonds. The summed E-state index contributed by atoms with van der Waals surface area (Å²) >= 11 is 0. The fraction of sp³-hybridized carbons (Fsp3) is 0.0222.